The molecule has 1 unspecified atom stereocenters. The molecule has 1 saturated heterocycles. The maximum absolute atomic E-state index is 13.0. The Bertz CT molecular complexity index is 880. The molecule has 1 aromatic heterocycles. The zero-order valence-corrected chi connectivity index (χ0v) is 15.7. The number of benzene rings is 1. The molecule has 0 N–H and O–H groups in total. The molecule has 146 valence electrons. The van der Waals surface area contributed by atoms with Gasteiger partial charge in [0.1, 0.15) is 0 Å². The maximum atomic E-state index is 13.0. The smallest absolute Gasteiger partial charge is 0.412 e. The molecular formula is C19H21N5O4. The second-order valence-corrected chi connectivity index (χ2v) is 6.72. The van der Waals surface area contributed by atoms with Gasteiger partial charge in [-0.25, -0.2) is 9.69 Å². The number of aromatic nitrogens is 2. The van der Waals surface area contributed by atoms with Crippen LogP contribution in [0.4, 0.5) is 10.6 Å². The molecule has 1 fully saturated rings. The molecule has 0 radical (unpaired) electrons. The van der Waals surface area contributed by atoms with Gasteiger partial charge in [-0.3, -0.25) is 4.79 Å². The Kier molecular flexibility index (Phi) is 4.82. The average Bonchev–Trinajstić information content (AvgIpc) is 3.00. The second-order valence-electron chi connectivity index (χ2n) is 6.72. The molecule has 2 amide bonds. The van der Waals surface area contributed by atoms with Gasteiger partial charge in [-0.2, -0.15) is 0 Å². The second kappa shape index (κ2) is 7.43. The molecule has 0 saturated carbocycles. The first-order valence-electron chi connectivity index (χ1n) is 9.03. The van der Waals surface area contributed by atoms with E-state index in [0.717, 1.165) is 13.1 Å². The standard InChI is InChI=1S/C19H21N5O4/c1-22-9-11-23(12-10-22)19(26)28-18-14-6-4-3-5-13(14)17(25)24(18)15-7-8-16(27-2)21-20-15/h3-8,18H,9-12H2,1-2H3. The molecule has 0 spiro atoms. The number of carbonyl (C=O) groups excluding carboxylic acids is 2. The highest BCUT2D eigenvalue weighted by Gasteiger charge is 2.42. The van der Waals surface area contributed by atoms with Crippen molar-refractivity contribution in [3.63, 3.8) is 0 Å². The fourth-order valence-corrected chi connectivity index (χ4v) is 3.33. The summed E-state index contributed by atoms with van der Waals surface area (Å²) in [6.07, 6.45) is -1.34. The van der Waals surface area contributed by atoms with Crippen molar-refractivity contribution in [3.05, 3.63) is 47.5 Å². The Balaban J connectivity index is 1.62. The Hall–Kier alpha value is -3.20. The van der Waals surface area contributed by atoms with E-state index in [0.29, 0.717) is 30.1 Å². The Morgan fingerprint density at radius 3 is 2.50 bits per heavy atom. The highest BCUT2D eigenvalue weighted by molar-refractivity contribution is 6.10. The van der Waals surface area contributed by atoms with Crippen LogP contribution in [0.3, 0.4) is 0 Å². The molecule has 2 aromatic rings. The van der Waals surface area contributed by atoms with Gasteiger partial charge in [-0.05, 0) is 19.2 Å². The first-order valence-corrected chi connectivity index (χ1v) is 9.03. The number of anilines is 1. The summed E-state index contributed by atoms with van der Waals surface area (Å²) in [5.74, 6) is 0.336. The Morgan fingerprint density at radius 2 is 1.82 bits per heavy atom. The highest BCUT2D eigenvalue weighted by Crippen LogP contribution is 2.37. The van der Waals surface area contributed by atoms with E-state index >= 15 is 0 Å². The number of fused-ring (bicyclic) bond motifs is 1. The highest BCUT2D eigenvalue weighted by atomic mass is 16.6. The van der Waals surface area contributed by atoms with Crippen LogP contribution >= 0.6 is 0 Å². The van der Waals surface area contributed by atoms with Crippen molar-refractivity contribution in [1.82, 2.24) is 20.0 Å². The van der Waals surface area contributed by atoms with Gasteiger partial charge in [0, 0.05) is 43.4 Å². The van der Waals surface area contributed by atoms with Gasteiger partial charge in [-0.1, -0.05) is 18.2 Å². The van der Waals surface area contributed by atoms with E-state index in [2.05, 4.69) is 15.1 Å². The van der Waals surface area contributed by atoms with E-state index < -0.39 is 12.3 Å². The minimum atomic E-state index is -0.890. The number of methoxy groups -OCH3 is 1. The third kappa shape index (κ3) is 3.24. The molecule has 0 bridgehead atoms. The van der Waals surface area contributed by atoms with E-state index in [1.54, 1.807) is 35.2 Å². The van der Waals surface area contributed by atoms with Crippen LogP contribution in [0.1, 0.15) is 22.1 Å². The first kappa shape index (κ1) is 18.2. The Morgan fingerprint density at radius 1 is 1.07 bits per heavy atom. The minimum absolute atomic E-state index is 0.286. The van der Waals surface area contributed by atoms with E-state index in [4.69, 9.17) is 9.47 Å². The lowest BCUT2D eigenvalue weighted by Crippen LogP contribution is -2.48. The molecule has 28 heavy (non-hydrogen) atoms. The quantitative estimate of drug-likeness (QED) is 0.794. The number of hydrogen-bond donors (Lipinski definition) is 0. The number of rotatable bonds is 3. The van der Waals surface area contributed by atoms with E-state index in [1.807, 2.05) is 13.1 Å². The lowest BCUT2D eigenvalue weighted by Gasteiger charge is -2.33. The number of nitrogens with zero attached hydrogens (tertiary/aromatic N) is 5. The van der Waals surface area contributed by atoms with Crippen molar-refractivity contribution in [2.24, 2.45) is 0 Å². The zero-order valence-electron chi connectivity index (χ0n) is 15.7. The molecule has 9 nitrogen and oxygen atoms in total. The molecule has 1 atom stereocenters. The molecule has 2 aliphatic heterocycles. The van der Waals surface area contributed by atoms with Gasteiger partial charge < -0.3 is 19.3 Å². The summed E-state index contributed by atoms with van der Waals surface area (Å²) < 4.78 is 10.8. The number of ether oxygens (including phenoxy) is 2. The summed E-state index contributed by atoms with van der Waals surface area (Å²) in [6, 6.07) is 10.3. The maximum Gasteiger partial charge on any atom is 0.412 e. The third-order valence-electron chi connectivity index (χ3n) is 4.97. The summed E-state index contributed by atoms with van der Waals surface area (Å²) in [7, 11) is 3.50. The molecule has 1 aromatic carbocycles. The molecule has 9 heteroatoms. The van der Waals surface area contributed by atoms with Gasteiger partial charge in [-0.15, -0.1) is 10.2 Å². The molecule has 4 rings (SSSR count). The van der Waals surface area contributed by atoms with Crippen molar-refractivity contribution in [3.8, 4) is 5.88 Å². The van der Waals surface area contributed by atoms with Crippen LogP contribution in [0.2, 0.25) is 0 Å². The fraction of sp³-hybridized carbons (Fsp3) is 0.368. The van der Waals surface area contributed by atoms with Crippen LogP contribution in [-0.2, 0) is 4.74 Å². The number of hydrogen-bond acceptors (Lipinski definition) is 7. The zero-order chi connectivity index (χ0) is 19.7. The Labute approximate surface area is 162 Å². The van der Waals surface area contributed by atoms with E-state index in [-0.39, 0.29) is 11.7 Å². The summed E-state index contributed by atoms with van der Waals surface area (Å²) in [5.41, 5.74) is 1.11. The number of likely N-dealkylation sites (N-methyl/N-ethyl adjacent to an activating group) is 1. The minimum Gasteiger partial charge on any atom is -0.480 e. The van der Waals surface area contributed by atoms with Crippen molar-refractivity contribution in [1.29, 1.82) is 0 Å². The fourth-order valence-electron chi connectivity index (χ4n) is 3.33. The van der Waals surface area contributed by atoms with Crippen LogP contribution in [0.15, 0.2) is 36.4 Å². The predicted molar refractivity (Wildman–Crippen MR) is 100 cm³/mol. The van der Waals surface area contributed by atoms with Crippen LogP contribution < -0.4 is 9.64 Å². The van der Waals surface area contributed by atoms with Crippen molar-refractivity contribution >= 4 is 17.8 Å². The van der Waals surface area contributed by atoms with Gasteiger partial charge in [0.25, 0.3) is 5.91 Å². The lowest BCUT2D eigenvalue weighted by atomic mass is 10.1. The monoisotopic (exact) mass is 383 g/mol. The third-order valence-corrected chi connectivity index (χ3v) is 4.97. The van der Waals surface area contributed by atoms with E-state index in [9.17, 15) is 9.59 Å². The van der Waals surface area contributed by atoms with Gasteiger partial charge in [0.05, 0.1) is 7.11 Å². The summed E-state index contributed by atoms with van der Waals surface area (Å²) >= 11 is 0. The van der Waals surface area contributed by atoms with Gasteiger partial charge in [0.15, 0.2) is 5.82 Å². The summed E-state index contributed by atoms with van der Waals surface area (Å²) in [4.78, 5) is 30.9. The van der Waals surface area contributed by atoms with Crippen LogP contribution in [0.5, 0.6) is 5.88 Å². The van der Waals surface area contributed by atoms with Crippen LogP contribution in [-0.4, -0.2) is 72.3 Å². The number of amides is 2. The van der Waals surface area contributed by atoms with Crippen molar-refractivity contribution in [2.75, 3.05) is 45.2 Å². The first-order chi connectivity index (χ1) is 13.6. The van der Waals surface area contributed by atoms with Crippen LogP contribution in [0, 0.1) is 0 Å². The molecular weight excluding hydrogens is 362 g/mol. The predicted octanol–water partition coefficient (Wildman–Crippen LogP) is 1.53. The lowest BCUT2D eigenvalue weighted by molar-refractivity contribution is 0.0488. The SMILES string of the molecule is COc1ccc(N2C(=O)c3ccccc3C2OC(=O)N2CCN(C)CC2)nn1. The molecule has 2 aliphatic rings. The largest absolute Gasteiger partial charge is 0.480 e. The summed E-state index contributed by atoms with van der Waals surface area (Å²) in [6.45, 7) is 2.73. The van der Waals surface area contributed by atoms with Gasteiger partial charge in [0.2, 0.25) is 12.1 Å². The van der Waals surface area contributed by atoms with Crippen LogP contribution in [0.25, 0.3) is 0 Å². The van der Waals surface area contributed by atoms with Gasteiger partial charge >= 0.3 is 6.09 Å². The van der Waals surface area contributed by atoms with Crippen molar-refractivity contribution in [2.45, 2.75) is 6.23 Å². The normalized spacial score (nSPS) is 19.5. The topological polar surface area (TPSA) is 88.1 Å². The van der Waals surface area contributed by atoms with Crippen molar-refractivity contribution < 1.29 is 19.1 Å². The molecule has 3 heterocycles. The average molecular weight is 383 g/mol. The number of carbonyl (C=O) groups is 2. The van der Waals surface area contributed by atoms with E-state index in [1.165, 1.54) is 12.0 Å². The number of piperazine rings is 1. The summed E-state index contributed by atoms with van der Waals surface area (Å²) in [5, 5.41) is 7.99. The molecule has 0 aliphatic carbocycles.